The van der Waals surface area contributed by atoms with Gasteiger partial charge in [-0.25, -0.2) is 9.97 Å². The molecule has 0 aliphatic rings. The van der Waals surface area contributed by atoms with Crippen molar-refractivity contribution in [1.29, 1.82) is 0 Å². The maximum atomic E-state index is 6.84. The Morgan fingerprint density at radius 1 is 0.415 bits per heavy atom. The number of benzene rings is 10. The van der Waals surface area contributed by atoms with E-state index in [9.17, 15) is 0 Å². The number of thiophene rings is 1. The zero-order valence-corrected chi connectivity index (χ0v) is 36.4. The van der Waals surface area contributed by atoms with Crippen molar-refractivity contribution >= 4 is 108 Å². The van der Waals surface area contributed by atoms with Crippen molar-refractivity contribution in [3.63, 3.8) is 0 Å². The molecular weight excluding hydrogens is 811 g/mol. The summed E-state index contributed by atoms with van der Waals surface area (Å²) in [6, 6.07) is 67.9. The Labute approximate surface area is 377 Å². The summed E-state index contributed by atoms with van der Waals surface area (Å²) in [6.07, 6.45) is 0. The number of fused-ring (bicyclic) bond motifs is 13. The number of nitrogens with zero attached hydrogens (tertiary/aromatic N) is 3. The fraction of sp³-hybridized carbons (Fsp3) is 0.0333. The van der Waals surface area contributed by atoms with Gasteiger partial charge in [-0.1, -0.05) is 140 Å². The Bertz CT molecular complexity index is 4340. The molecule has 0 spiro atoms. The first kappa shape index (κ1) is 36.4. The second-order valence-corrected chi connectivity index (χ2v) is 18.4. The molecule has 0 radical (unpaired) electrons. The Balaban J connectivity index is 1.11. The summed E-state index contributed by atoms with van der Waals surface area (Å²) >= 11 is 1.83. The monoisotopic (exact) mass is 847 g/mol. The van der Waals surface area contributed by atoms with E-state index in [2.05, 4.69) is 200 Å². The van der Waals surface area contributed by atoms with Crippen molar-refractivity contribution in [3.05, 3.63) is 199 Å². The minimum Gasteiger partial charge on any atom is -0.456 e. The van der Waals surface area contributed by atoms with Gasteiger partial charge in [0.15, 0.2) is 5.82 Å². The molecule has 4 nitrogen and oxygen atoms in total. The molecule has 0 aliphatic heterocycles. The number of aryl methyl sites for hydroxylation is 1. The Morgan fingerprint density at radius 3 is 1.88 bits per heavy atom. The van der Waals surface area contributed by atoms with Crippen LogP contribution in [0.2, 0.25) is 0 Å². The summed E-state index contributed by atoms with van der Waals surface area (Å²) in [7, 11) is 0. The lowest BCUT2D eigenvalue weighted by Crippen LogP contribution is -2.03. The van der Waals surface area contributed by atoms with Crippen molar-refractivity contribution < 1.29 is 4.42 Å². The van der Waals surface area contributed by atoms with E-state index in [1.54, 1.807) is 0 Å². The third-order valence-electron chi connectivity index (χ3n) is 13.7. The van der Waals surface area contributed by atoms with E-state index in [-0.39, 0.29) is 0 Å². The van der Waals surface area contributed by atoms with Crippen LogP contribution < -0.4 is 0 Å². The van der Waals surface area contributed by atoms with Crippen LogP contribution in [0.1, 0.15) is 11.1 Å². The van der Waals surface area contributed by atoms with E-state index in [0.29, 0.717) is 5.82 Å². The largest absolute Gasteiger partial charge is 0.456 e. The van der Waals surface area contributed by atoms with Crippen LogP contribution >= 0.6 is 11.3 Å². The minimum atomic E-state index is 0.642. The lowest BCUT2D eigenvalue weighted by Gasteiger charge is -2.19. The second-order valence-electron chi connectivity index (χ2n) is 17.3. The second kappa shape index (κ2) is 13.7. The van der Waals surface area contributed by atoms with Gasteiger partial charge in [-0.15, -0.1) is 11.3 Å². The number of para-hydroxylation sites is 2. The molecule has 0 saturated heterocycles. The minimum absolute atomic E-state index is 0.642. The maximum Gasteiger partial charge on any atom is 0.160 e. The van der Waals surface area contributed by atoms with E-state index in [4.69, 9.17) is 14.4 Å². The quantitative estimate of drug-likeness (QED) is 0.166. The number of aromatic nitrogens is 3. The summed E-state index contributed by atoms with van der Waals surface area (Å²) in [5.41, 5.74) is 12.1. The number of furan rings is 1. The fourth-order valence-corrected chi connectivity index (χ4v) is 11.9. The predicted molar refractivity (Wildman–Crippen MR) is 275 cm³/mol. The van der Waals surface area contributed by atoms with Gasteiger partial charge in [0.05, 0.1) is 33.5 Å². The van der Waals surface area contributed by atoms with Crippen molar-refractivity contribution in [2.45, 2.75) is 13.8 Å². The average molecular weight is 848 g/mol. The predicted octanol–water partition coefficient (Wildman–Crippen LogP) is 16.9. The summed E-state index contributed by atoms with van der Waals surface area (Å²) in [5, 5.41) is 14.3. The topological polar surface area (TPSA) is 43.9 Å². The SMILES string of the molecule is Cc1c(-c2ccc3c(c2)sc2ccccc23)nc(-c2cc(-n3c4ccccc4c4cc5ccccc5cc43)c3c(c2)oc2ccccc23)nc1-c1c(C)c2ccccc2c2ccccc12. The highest BCUT2D eigenvalue weighted by Crippen LogP contribution is 2.45. The van der Waals surface area contributed by atoms with Gasteiger partial charge in [-0.05, 0) is 100 Å². The molecule has 4 heterocycles. The van der Waals surface area contributed by atoms with Crippen molar-refractivity contribution in [3.8, 4) is 39.6 Å². The average Bonchev–Trinajstić information content (AvgIpc) is 4.02. The summed E-state index contributed by atoms with van der Waals surface area (Å²) in [4.78, 5) is 11.3. The van der Waals surface area contributed by atoms with E-state index in [1.165, 1.54) is 68.8 Å². The number of hydrogen-bond donors (Lipinski definition) is 0. The van der Waals surface area contributed by atoms with Crippen molar-refractivity contribution in [1.82, 2.24) is 14.5 Å². The van der Waals surface area contributed by atoms with Crippen LogP contribution in [0, 0.1) is 13.8 Å². The van der Waals surface area contributed by atoms with Crippen LogP contribution in [0.4, 0.5) is 0 Å². The molecule has 14 aromatic rings. The zero-order chi connectivity index (χ0) is 42.9. The molecule has 5 heteroatoms. The van der Waals surface area contributed by atoms with Crippen LogP contribution in [0.25, 0.3) is 136 Å². The Hall–Kier alpha value is -8.12. The third kappa shape index (κ3) is 5.30. The molecule has 10 aromatic carbocycles. The molecule has 0 fully saturated rings. The highest BCUT2D eigenvalue weighted by Gasteiger charge is 2.25. The first-order chi connectivity index (χ1) is 32.1. The van der Waals surface area contributed by atoms with Gasteiger partial charge >= 0.3 is 0 Å². The summed E-state index contributed by atoms with van der Waals surface area (Å²) in [6.45, 7) is 4.45. The first-order valence-electron chi connectivity index (χ1n) is 22.1. The van der Waals surface area contributed by atoms with E-state index >= 15 is 0 Å². The molecule has 4 aromatic heterocycles. The van der Waals surface area contributed by atoms with Gasteiger partial charge in [0, 0.05) is 58.6 Å². The van der Waals surface area contributed by atoms with E-state index in [0.717, 1.165) is 72.3 Å². The van der Waals surface area contributed by atoms with Gasteiger partial charge in [0.2, 0.25) is 0 Å². The molecule has 0 unspecified atom stereocenters. The maximum absolute atomic E-state index is 6.84. The highest BCUT2D eigenvalue weighted by atomic mass is 32.1. The number of hydrogen-bond acceptors (Lipinski definition) is 4. The zero-order valence-electron chi connectivity index (χ0n) is 35.6. The molecule has 0 aliphatic carbocycles. The smallest absolute Gasteiger partial charge is 0.160 e. The summed E-state index contributed by atoms with van der Waals surface area (Å²) < 4.78 is 11.8. The van der Waals surface area contributed by atoms with Gasteiger partial charge in [-0.3, -0.25) is 0 Å². The first-order valence-corrected chi connectivity index (χ1v) is 23.0. The molecule has 0 atom stereocenters. The molecule has 65 heavy (non-hydrogen) atoms. The molecule has 0 N–H and O–H groups in total. The van der Waals surface area contributed by atoms with E-state index < -0.39 is 0 Å². The van der Waals surface area contributed by atoms with Crippen molar-refractivity contribution in [2.24, 2.45) is 0 Å². The molecule has 0 amide bonds. The van der Waals surface area contributed by atoms with Gasteiger partial charge in [-0.2, -0.15) is 0 Å². The normalized spacial score (nSPS) is 12.2. The molecule has 0 saturated carbocycles. The molecule has 0 bridgehead atoms. The highest BCUT2D eigenvalue weighted by molar-refractivity contribution is 7.25. The van der Waals surface area contributed by atoms with Gasteiger partial charge in [0.25, 0.3) is 0 Å². The molecule has 304 valence electrons. The van der Waals surface area contributed by atoms with Crippen molar-refractivity contribution in [2.75, 3.05) is 0 Å². The standard InChI is InChI=1S/C60H37N3OS/c1-34-40-17-5-6-18-41(40)42-19-7-8-22-46(42)56(34)59-35(2)58(38-27-28-45-44-21-11-14-26-54(44)65-55(45)33-38)61-60(62-59)39-31-51(57-47-23-10-13-25-52(47)64-53(57)32-39)63-49-24-12-9-20-43(49)48-29-36-15-3-4-16-37(36)30-50(48)63/h3-33H,1-2H3. The lowest BCUT2D eigenvalue weighted by molar-refractivity contribution is 0.669. The molecular formula is C60H37N3OS. The van der Waals surface area contributed by atoms with E-state index in [1.807, 2.05) is 17.4 Å². The van der Waals surface area contributed by atoms with Crippen LogP contribution in [0.5, 0.6) is 0 Å². The summed E-state index contributed by atoms with van der Waals surface area (Å²) in [5.74, 6) is 0.642. The Morgan fingerprint density at radius 2 is 1.05 bits per heavy atom. The van der Waals surface area contributed by atoms with Crippen LogP contribution in [-0.4, -0.2) is 14.5 Å². The van der Waals surface area contributed by atoms with Gasteiger partial charge < -0.3 is 8.98 Å². The molecule has 14 rings (SSSR count). The van der Waals surface area contributed by atoms with Gasteiger partial charge in [0.1, 0.15) is 11.2 Å². The van der Waals surface area contributed by atoms with Crippen LogP contribution in [-0.2, 0) is 0 Å². The number of rotatable bonds is 4. The fourth-order valence-electron chi connectivity index (χ4n) is 10.7. The lowest BCUT2D eigenvalue weighted by atomic mass is 9.88. The van der Waals surface area contributed by atoms with Crippen LogP contribution in [0.15, 0.2) is 192 Å². The van der Waals surface area contributed by atoms with Crippen LogP contribution in [0.3, 0.4) is 0 Å². The third-order valence-corrected chi connectivity index (χ3v) is 14.9. The Kier molecular flexibility index (Phi) is 7.66.